The molecule has 0 radical (unpaired) electrons. The first-order valence-corrected chi connectivity index (χ1v) is 7.76. The first-order chi connectivity index (χ1) is 9.66. The minimum absolute atomic E-state index is 0. The standard InChI is InChI=1S/C16H23ClN2O.ClH/c1-18-11-5-8-15(20)19-16(9-2-3-10-16)13-6-4-7-14(17)12-13;/h4,6-7,12,18H,2-3,5,8-11H2,1H3,(H,19,20);1H. The van der Waals surface area contributed by atoms with Crippen molar-refractivity contribution in [3.63, 3.8) is 0 Å². The van der Waals surface area contributed by atoms with E-state index in [2.05, 4.69) is 16.7 Å². The highest BCUT2D eigenvalue weighted by Gasteiger charge is 2.36. The van der Waals surface area contributed by atoms with Gasteiger partial charge in [-0.3, -0.25) is 4.79 Å². The molecule has 1 aliphatic rings. The molecule has 1 aromatic carbocycles. The molecule has 0 heterocycles. The Balaban J connectivity index is 0.00000220. The van der Waals surface area contributed by atoms with Gasteiger partial charge in [-0.15, -0.1) is 12.4 Å². The summed E-state index contributed by atoms with van der Waals surface area (Å²) in [6.07, 6.45) is 5.76. The van der Waals surface area contributed by atoms with E-state index in [1.165, 1.54) is 0 Å². The Morgan fingerprint density at radius 1 is 1.33 bits per heavy atom. The Morgan fingerprint density at radius 3 is 2.67 bits per heavy atom. The zero-order valence-electron chi connectivity index (χ0n) is 12.5. The van der Waals surface area contributed by atoms with Gasteiger partial charge in [0.25, 0.3) is 0 Å². The van der Waals surface area contributed by atoms with Crippen LogP contribution in [0.25, 0.3) is 0 Å². The molecule has 118 valence electrons. The van der Waals surface area contributed by atoms with E-state index in [9.17, 15) is 4.79 Å². The average molecular weight is 331 g/mol. The maximum atomic E-state index is 12.2. The Morgan fingerprint density at radius 2 is 2.05 bits per heavy atom. The predicted octanol–water partition coefficient (Wildman–Crippen LogP) is 3.65. The fourth-order valence-electron chi connectivity index (χ4n) is 3.01. The maximum absolute atomic E-state index is 12.2. The van der Waals surface area contributed by atoms with Gasteiger partial charge in [0.05, 0.1) is 5.54 Å². The summed E-state index contributed by atoms with van der Waals surface area (Å²) >= 11 is 6.10. The molecule has 2 rings (SSSR count). The number of benzene rings is 1. The largest absolute Gasteiger partial charge is 0.347 e. The van der Waals surface area contributed by atoms with Gasteiger partial charge >= 0.3 is 0 Å². The van der Waals surface area contributed by atoms with Crippen LogP contribution in [0.5, 0.6) is 0 Å². The molecule has 0 atom stereocenters. The summed E-state index contributed by atoms with van der Waals surface area (Å²) < 4.78 is 0. The summed E-state index contributed by atoms with van der Waals surface area (Å²) in [5.41, 5.74) is 0.936. The van der Waals surface area contributed by atoms with Gasteiger partial charge in [0.15, 0.2) is 0 Å². The summed E-state index contributed by atoms with van der Waals surface area (Å²) in [5.74, 6) is 0.141. The van der Waals surface area contributed by atoms with E-state index in [0.29, 0.717) is 6.42 Å². The van der Waals surface area contributed by atoms with Gasteiger partial charge in [-0.05, 0) is 50.6 Å². The van der Waals surface area contributed by atoms with Crippen molar-refractivity contribution in [2.75, 3.05) is 13.6 Å². The summed E-state index contributed by atoms with van der Waals surface area (Å²) in [6, 6.07) is 7.90. The molecule has 1 saturated carbocycles. The summed E-state index contributed by atoms with van der Waals surface area (Å²) in [6.45, 7) is 0.873. The second-order valence-electron chi connectivity index (χ2n) is 5.55. The van der Waals surface area contributed by atoms with Crippen LogP contribution >= 0.6 is 24.0 Å². The normalized spacial score (nSPS) is 16.3. The van der Waals surface area contributed by atoms with Crippen molar-refractivity contribution in [2.45, 2.75) is 44.1 Å². The Labute approximate surface area is 138 Å². The lowest BCUT2D eigenvalue weighted by Gasteiger charge is -2.31. The van der Waals surface area contributed by atoms with E-state index < -0.39 is 0 Å². The highest BCUT2D eigenvalue weighted by atomic mass is 35.5. The van der Waals surface area contributed by atoms with Gasteiger partial charge in [0.2, 0.25) is 5.91 Å². The highest BCUT2D eigenvalue weighted by molar-refractivity contribution is 6.30. The van der Waals surface area contributed by atoms with Gasteiger partial charge in [-0.1, -0.05) is 36.6 Å². The van der Waals surface area contributed by atoms with Crippen molar-refractivity contribution >= 4 is 29.9 Å². The molecule has 1 aliphatic carbocycles. The first kappa shape index (κ1) is 18.3. The molecule has 0 bridgehead atoms. The third-order valence-electron chi connectivity index (χ3n) is 4.04. The van der Waals surface area contributed by atoms with Crippen LogP contribution in [0.3, 0.4) is 0 Å². The van der Waals surface area contributed by atoms with Gasteiger partial charge in [-0.25, -0.2) is 0 Å². The highest BCUT2D eigenvalue weighted by Crippen LogP contribution is 2.39. The fraction of sp³-hybridized carbons (Fsp3) is 0.562. The van der Waals surface area contributed by atoms with Crippen molar-refractivity contribution in [2.24, 2.45) is 0 Å². The summed E-state index contributed by atoms with van der Waals surface area (Å²) in [4.78, 5) is 12.2. The molecule has 0 spiro atoms. The number of carbonyl (C=O) groups excluding carboxylic acids is 1. The maximum Gasteiger partial charge on any atom is 0.220 e. The lowest BCUT2D eigenvalue weighted by molar-refractivity contribution is -0.123. The number of rotatable bonds is 6. The molecule has 2 N–H and O–H groups in total. The second kappa shape index (κ2) is 8.62. The second-order valence-corrected chi connectivity index (χ2v) is 5.99. The topological polar surface area (TPSA) is 41.1 Å². The number of amides is 1. The number of hydrogen-bond donors (Lipinski definition) is 2. The smallest absolute Gasteiger partial charge is 0.220 e. The van der Waals surface area contributed by atoms with E-state index in [4.69, 9.17) is 11.6 Å². The third kappa shape index (κ3) is 4.87. The zero-order valence-corrected chi connectivity index (χ0v) is 14.0. The van der Waals surface area contributed by atoms with Crippen LogP contribution in [0.1, 0.15) is 44.1 Å². The van der Waals surface area contributed by atoms with E-state index in [0.717, 1.165) is 49.2 Å². The molecule has 0 unspecified atom stereocenters. The van der Waals surface area contributed by atoms with E-state index in [-0.39, 0.29) is 23.9 Å². The number of halogens is 2. The van der Waals surface area contributed by atoms with Crippen molar-refractivity contribution in [1.82, 2.24) is 10.6 Å². The van der Waals surface area contributed by atoms with Crippen LogP contribution in [0, 0.1) is 0 Å². The van der Waals surface area contributed by atoms with Gasteiger partial charge in [0, 0.05) is 11.4 Å². The third-order valence-corrected chi connectivity index (χ3v) is 4.28. The molecule has 1 aromatic rings. The number of nitrogens with one attached hydrogen (secondary N) is 2. The summed E-state index contributed by atoms with van der Waals surface area (Å²) in [7, 11) is 1.91. The molecule has 0 saturated heterocycles. The molecular formula is C16H24Cl2N2O. The van der Waals surface area contributed by atoms with Crippen LogP contribution in [-0.4, -0.2) is 19.5 Å². The Kier molecular flexibility index (Phi) is 7.50. The van der Waals surface area contributed by atoms with E-state index in [1.54, 1.807) is 0 Å². The number of carbonyl (C=O) groups is 1. The van der Waals surface area contributed by atoms with E-state index in [1.807, 2.05) is 25.2 Å². The van der Waals surface area contributed by atoms with Crippen molar-refractivity contribution in [3.8, 4) is 0 Å². The van der Waals surface area contributed by atoms with Gasteiger partial charge in [-0.2, -0.15) is 0 Å². The monoisotopic (exact) mass is 330 g/mol. The van der Waals surface area contributed by atoms with Crippen molar-refractivity contribution in [1.29, 1.82) is 0 Å². The van der Waals surface area contributed by atoms with Crippen LogP contribution in [0.2, 0.25) is 5.02 Å². The average Bonchev–Trinajstić information content (AvgIpc) is 2.89. The quantitative estimate of drug-likeness (QED) is 0.782. The van der Waals surface area contributed by atoms with E-state index >= 15 is 0 Å². The fourth-order valence-corrected chi connectivity index (χ4v) is 3.20. The van der Waals surface area contributed by atoms with Gasteiger partial charge < -0.3 is 10.6 Å². The molecule has 21 heavy (non-hydrogen) atoms. The van der Waals surface area contributed by atoms with Crippen molar-refractivity contribution in [3.05, 3.63) is 34.9 Å². The Hall–Kier alpha value is -0.770. The zero-order chi connectivity index (χ0) is 14.4. The lowest BCUT2D eigenvalue weighted by atomic mass is 9.88. The van der Waals surface area contributed by atoms with Crippen LogP contribution in [0.15, 0.2) is 24.3 Å². The van der Waals surface area contributed by atoms with Crippen LogP contribution in [0.4, 0.5) is 0 Å². The summed E-state index contributed by atoms with van der Waals surface area (Å²) in [5, 5.41) is 7.07. The minimum atomic E-state index is -0.207. The molecule has 5 heteroatoms. The molecule has 1 fully saturated rings. The molecule has 0 aromatic heterocycles. The number of hydrogen-bond acceptors (Lipinski definition) is 2. The molecular weight excluding hydrogens is 307 g/mol. The molecule has 0 aliphatic heterocycles. The molecule has 3 nitrogen and oxygen atoms in total. The first-order valence-electron chi connectivity index (χ1n) is 7.38. The lowest BCUT2D eigenvalue weighted by Crippen LogP contribution is -2.43. The SMILES string of the molecule is CNCCCC(=O)NC1(c2cccc(Cl)c2)CCCC1.Cl. The minimum Gasteiger partial charge on any atom is -0.347 e. The Bertz CT molecular complexity index is 459. The van der Waals surface area contributed by atoms with Crippen LogP contribution < -0.4 is 10.6 Å². The van der Waals surface area contributed by atoms with Crippen molar-refractivity contribution < 1.29 is 4.79 Å². The molecule has 1 amide bonds. The predicted molar refractivity (Wildman–Crippen MR) is 90.1 cm³/mol. The van der Waals surface area contributed by atoms with Gasteiger partial charge in [0.1, 0.15) is 0 Å². The van der Waals surface area contributed by atoms with Crippen LogP contribution in [-0.2, 0) is 10.3 Å².